The molecule has 1 saturated carbocycles. The fourth-order valence-electron chi connectivity index (χ4n) is 4.11. The van der Waals surface area contributed by atoms with Crippen molar-refractivity contribution < 1.29 is 4.79 Å². The first-order chi connectivity index (χ1) is 12.7. The summed E-state index contributed by atoms with van der Waals surface area (Å²) < 4.78 is 1.36. The van der Waals surface area contributed by atoms with Gasteiger partial charge in [-0.15, -0.1) is 0 Å². The largest absolute Gasteiger partial charge is 0.292 e. The Kier molecular flexibility index (Phi) is 5.18. The maximum Gasteiger partial charge on any atom is 0.292 e. The van der Waals surface area contributed by atoms with Crippen molar-refractivity contribution in [3.8, 4) is 0 Å². The summed E-state index contributed by atoms with van der Waals surface area (Å²) in [6.07, 6.45) is 2.92. The Hall–Kier alpha value is -2.50. The van der Waals surface area contributed by atoms with Crippen LogP contribution in [0.2, 0.25) is 0 Å². The number of hydrogen-bond donors (Lipinski definition) is 1. The van der Waals surface area contributed by atoms with Gasteiger partial charge in [0.15, 0.2) is 5.69 Å². The van der Waals surface area contributed by atoms with Gasteiger partial charge in [0.1, 0.15) is 0 Å². The minimum atomic E-state index is -0.385. The van der Waals surface area contributed by atoms with Crippen LogP contribution in [0, 0.1) is 11.3 Å². The van der Waals surface area contributed by atoms with Crippen LogP contribution in [-0.4, -0.2) is 21.4 Å². The number of amides is 1. The van der Waals surface area contributed by atoms with Crippen LogP contribution in [0.25, 0.3) is 10.8 Å². The van der Waals surface area contributed by atoms with Gasteiger partial charge in [0, 0.05) is 11.1 Å². The quantitative estimate of drug-likeness (QED) is 0.835. The Labute approximate surface area is 159 Å². The predicted octanol–water partition coefficient (Wildman–Crippen LogP) is 3.91. The third-order valence-corrected chi connectivity index (χ3v) is 5.02. The molecule has 144 valence electrons. The summed E-state index contributed by atoms with van der Waals surface area (Å²) in [5, 5.41) is 9.77. The van der Waals surface area contributed by atoms with Gasteiger partial charge < -0.3 is 0 Å². The molecule has 2 aromatic rings. The highest BCUT2D eigenvalue weighted by Gasteiger charge is 2.29. The Bertz CT molecular complexity index is 956. The zero-order valence-electron chi connectivity index (χ0n) is 16.7. The van der Waals surface area contributed by atoms with E-state index in [1.165, 1.54) is 4.68 Å². The zero-order chi connectivity index (χ0) is 19.8. The SMILES string of the molecule is CC(C)n1nc(C(=O)N/N=C2/C[C@@H](C)CC(C)(C)C2)c2ccccc2c1=O. The summed E-state index contributed by atoms with van der Waals surface area (Å²) in [6.45, 7) is 10.4. The highest BCUT2D eigenvalue weighted by Crippen LogP contribution is 2.36. The lowest BCUT2D eigenvalue weighted by atomic mass is 9.72. The first-order valence-electron chi connectivity index (χ1n) is 9.55. The number of rotatable bonds is 3. The zero-order valence-corrected chi connectivity index (χ0v) is 16.7. The third-order valence-electron chi connectivity index (χ3n) is 5.02. The van der Waals surface area contributed by atoms with Gasteiger partial charge in [-0.3, -0.25) is 9.59 Å². The smallest absolute Gasteiger partial charge is 0.267 e. The standard InChI is InChI=1S/C21H28N4O2/c1-13(2)25-20(27)17-9-7-6-8-16(17)18(24-25)19(26)23-22-15-10-14(3)11-21(4,5)12-15/h6-9,13-14H,10-12H2,1-5H3,(H,23,26)/b22-15-/t14-/m1/s1. The lowest BCUT2D eigenvalue weighted by Gasteiger charge is -2.34. The van der Waals surface area contributed by atoms with Gasteiger partial charge in [-0.05, 0) is 50.5 Å². The van der Waals surface area contributed by atoms with Crippen LogP contribution < -0.4 is 11.0 Å². The van der Waals surface area contributed by atoms with Crippen LogP contribution in [0.4, 0.5) is 0 Å². The van der Waals surface area contributed by atoms with Crippen molar-refractivity contribution in [3.63, 3.8) is 0 Å². The Balaban J connectivity index is 1.95. The summed E-state index contributed by atoms with van der Waals surface area (Å²) in [7, 11) is 0. The fraction of sp³-hybridized carbons (Fsp3) is 0.524. The third kappa shape index (κ3) is 4.10. The van der Waals surface area contributed by atoms with Crippen molar-refractivity contribution in [1.82, 2.24) is 15.2 Å². The van der Waals surface area contributed by atoms with Crippen molar-refractivity contribution in [1.29, 1.82) is 0 Å². The van der Waals surface area contributed by atoms with Crippen molar-refractivity contribution in [2.45, 2.75) is 59.9 Å². The number of hydrogen-bond acceptors (Lipinski definition) is 4. The second-order valence-corrected chi connectivity index (χ2v) is 8.71. The highest BCUT2D eigenvalue weighted by atomic mass is 16.2. The number of fused-ring (bicyclic) bond motifs is 1. The molecule has 0 aliphatic heterocycles. The number of benzene rings is 1. The molecule has 6 heteroatoms. The van der Waals surface area contributed by atoms with Crippen molar-refractivity contribution in [3.05, 3.63) is 40.3 Å². The van der Waals surface area contributed by atoms with E-state index in [1.54, 1.807) is 24.3 Å². The number of hydrazone groups is 1. The summed E-state index contributed by atoms with van der Waals surface area (Å²) in [6, 6.07) is 6.94. The van der Waals surface area contributed by atoms with E-state index < -0.39 is 0 Å². The van der Waals surface area contributed by atoms with E-state index in [4.69, 9.17) is 0 Å². The second-order valence-electron chi connectivity index (χ2n) is 8.71. The molecule has 1 heterocycles. The average Bonchev–Trinajstić information content (AvgIpc) is 2.58. The molecule has 1 amide bonds. The molecule has 0 bridgehead atoms. The van der Waals surface area contributed by atoms with Gasteiger partial charge in [0.05, 0.1) is 11.4 Å². The topological polar surface area (TPSA) is 76.3 Å². The van der Waals surface area contributed by atoms with Crippen LogP contribution >= 0.6 is 0 Å². The molecule has 1 atom stereocenters. The molecule has 0 unspecified atom stereocenters. The maximum atomic E-state index is 12.8. The number of nitrogens with one attached hydrogen (secondary N) is 1. The van der Waals surface area contributed by atoms with Crippen LogP contribution in [-0.2, 0) is 0 Å². The van der Waals surface area contributed by atoms with Crippen LogP contribution in [0.5, 0.6) is 0 Å². The van der Waals surface area contributed by atoms with E-state index in [1.807, 2.05) is 13.8 Å². The molecule has 0 spiro atoms. The second kappa shape index (κ2) is 7.25. The molecule has 0 radical (unpaired) electrons. The van der Waals surface area contributed by atoms with Crippen LogP contribution in [0.1, 0.15) is 70.4 Å². The molecular weight excluding hydrogens is 340 g/mol. The molecule has 1 N–H and O–H groups in total. The molecule has 1 aliphatic carbocycles. The van der Waals surface area contributed by atoms with Crippen LogP contribution in [0.3, 0.4) is 0 Å². The Morgan fingerprint density at radius 3 is 2.59 bits per heavy atom. The van der Waals surface area contributed by atoms with Gasteiger partial charge in [0.25, 0.3) is 11.5 Å². The molecule has 3 rings (SSSR count). The molecule has 1 aromatic heterocycles. The molecule has 27 heavy (non-hydrogen) atoms. The molecule has 0 saturated heterocycles. The summed E-state index contributed by atoms with van der Waals surface area (Å²) >= 11 is 0. The van der Waals surface area contributed by atoms with Crippen LogP contribution in [0.15, 0.2) is 34.2 Å². The van der Waals surface area contributed by atoms with Gasteiger partial charge in [-0.1, -0.05) is 39.0 Å². The van der Waals surface area contributed by atoms with E-state index in [-0.39, 0.29) is 28.6 Å². The summed E-state index contributed by atoms with van der Waals surface area (Å²) in [5.74, 6) is 0.162. The molecule has 6 nitrogen and oxygen atoms in total. The van der Waals surface area contributed by atoms with Crippen molar-refractivity contribution in [2.75, 3.05) is 0 Å². The molecule has 1 fully saturated rings. The normalized spacial score (nSPS) is 21.0. The lowest BCUT2D eigenvalue weighted by molar-refractivity contribution is 0.0948. The summed E-state index contributed by atoms with van der Waals surface area (Å²) in [5.41, 5.74) is 3.91. The fourth-order valence-corrected chi connectivity index (χ4v) is 4.11. The van der Waals surface area contributed by atoms with Gasteiger partial charge in [-0.25, -0.2) is 10.1 Å². The van der Waals surface area contributed by atoms with Gasteiger partial charge in [0.2, 0.25) is 0 Å². The maximum absolute atomic E-state index is 12.8. The molecular formula is C21H28N4O2. The van der Waals surface area contributed by atoms with Gasteiger partial charge >= 0.3 is 0 Å². The number of carbonyl (C=O) groups is 1. The summed E-state index contributed by atoms with van der Waals surface area (Å²) in [4.78, 5) is 25.4. The van der Waals surface area contributed by atoms with E-state index in [0.717, 1.165) is 25.0 Å². The monoisotopic (exact) mass is 368 g/mol. The van der Waals surface area contributed by atoms with Crippen molar-refractivity contribution in [2.24, 2.45) is 16.4 Å². The first-order valence-corrected chi connectivity index (χ1v) is 9.55. The van der Waals surface area contributed by atoms with E-state index in [9.17, 15) is 9.59 Å². The first kappa shape index (κ1) is 19.3. The molecule has 1 aliphatic rings. The Morgan fingerprint density at radius 2 is 1.96 bits per heavy atom. The minimum absolute atomic E-state index is 0.139. The van der Waals surface area contributed by atoms with E-state index >= 15 is 0 Å². The number of carbonyl (C=O) groups excluding carboxylic acids is 1. The van der Waals surface area contributed by atoms with Gasteiger partial charge in [-0.2, -0.15) is 10.2 Å². The average molecular weight is 368 g/mol. The highest BCUT2D eigenvalue weighted by molar-refractivity contribution is 6.05. The van der Waals surface area contributed by atoms with Crippen molar-refractivity contribution >= 4 is 22.4 Å². The predicted molar refractivity (Wildman–Crippen MR) is 108 cm³/mol. The number of nitrogens with zero attached hydrogens (tertiary/aromatic N) is 3. The van der Waals surface area contributed by atoms with E-state index in [0.29, 0.717) is 16.7 Å². The lowest BCUT2D eigenvalue weighted by Crippen LogP contribution is -2.32. The Morgan fingerprint density at radius 1 is 1.30 bits per heavy atom. The minimum Gasteiger partial charge on any atom is -0.267 e. The molecule has 1 aromatic carbocycles. The number of aromatic nitrogens is 2. The van der Waals surface area contributed by atoms with E-state index in [2.05, 4.69) is 36.4 Å².